The fraction of sp³-hybridized carbons (Fsp3) is 0.462. The highest BCUT2D eigenvalue weighted by molar-refractivity contribution is 5.92. The summed E-state index contributed by atoms with van der Waals surface area (Å²) in [5.41, 5.74) is 2.56. The highest BCUT2D eigenvalue weighted by Crippen LogP contribution is 2.36. The highest BCUT2D eigenvalue weighted by atomic mass is 16.3. The van der Waals surface area contributed by atoms with Crippen LogP contribution in [0.3, 0.4) is 0 Å². The normalized spacial score (nSPS) is 18.5. The maximum atomic E-state index is 13.5. The first-order valence-electron chi connectivity index (χ1n) is 11.8. The van der Waals surface area contributed by atoms with Crippen molar-refractivity contribution < 1.29 is 9.21 Å². The van der Waals surface area contributed by atoms with Gasteiger partial charge < -0.3 is 9.32 Å². The number of benzene rings is 1. The molecule has 6 heteroatoms. The van der Waals surface area contributed by atoms with E-state index >= 15 is 0 Å². The number of piperidine rings is 1. The molecular weight excluding hydrogens is 400 g/mol. The molecule has 32 heavy (non-hydrogen) atoms. The minimum atomic E-state index is 0.0521. The predicted octanol–water partition coefficient (Wildman–Crippen LogP) is 4.14. The molecule has 1 amide bonds. The molecule has 3 aromatic rings. The van der Waals surface area contributed by atoms with Crippen LogP contribution in [0.4, 0.5) is 0 Å². The molecule has 0 unspecified atom stereocenters. The molecule has 2 aromatic heterocycles. The molecule has 1 aliphatic heterocycles. The zero-order valence-corrected chi connectivity index (χ0v) is 18.8. The summed E-state index contributed by atoms with van der Waals surface area (Å²) in [5, 5.41) is 4.30. The number of amides is 1. The van der Waals surface area contributed by atoms with Gasteiger partial charge in [0.15, 0.2) is 5.76 Å². The average Bonchev–Trinajstić information content (AvgIpc) is 3.31. The maximum Gasteiger partial charge on any atom is 0.290 e. The third kappa shape index (κ3) is 4.80. The van der Waals surface area contributed by atoms with Crippen LogP contribution in [-0.4, -0.2) is 50.7 Å². The molecular formula is C26H32N4O2. The van der Waals surface area contributed by atoms with Crippen LogP contribution in [-0.2, 0) is 20.0 Å². The standard InChI is InChI=1S/C26H32N4O2/c1-28-18-21(17-27-28)19-29-13-11-22(12-14-29)24(16-20-6-3-2-4-7-20)30(23-9-10-23)26(31)25-8-5-15-32-25/h2-8,15,17-18,22-24H,9-14,16,19H2,1H3/t24-/m0/s1. The third-order valence-electron chi connectivity index (χ3n) is 6.89. The summed E-state index contributed by atoms with van der Waals surface area (Å²) in [6.07, 6.45) is 11.0. The number of rotatable bonds is 8. The second-order valence-corrected chi connectivity index (χ2v) is 9.31. The quantitative estimate of drug-likeness (QED) is 0.537. The molecule has 1 saturated heterocycles. The predicted molar refractivity (Wildman–Crippen MR) is 123 cm³/mol. The molecule has 5 rings (SSSR count). The Kier molecular flexibility index (Phi) is 6.12. The van der Waals surface area contributed by atoms with Crippen molar-refractivity contribution in [2.45, 2.75) is 50.7 Å². The largest absolute Gasteiger partial charge is 0.459 e. The monoisotopic (exact) mass is 432 g/mol. The first kappa shape index (κ1) is 21.0. The number of likely N-dealkylation sites (tertiary alicyclic amines) is 1. The van der Waals surface area contributed by atoms with Gasteiger partial charge in [-0.25, -0.2) is 0 Å². The molecule has 3 heterocycles. The van der Waals surface area contributed by atoms with Crippen LogP contribution in [0, 0.1) is 5.92 Å². The molecule has 1 aromatic carbocycles. The van der Waals surface area contributed by atoms with E-state index in [1.165, 1.54) is 11.1 Å². The molecule has 168 valence electrons. The zero-order chi connectivity index (χ0) is 21.9. The molecule has 0 N–H and O–H groups in total. The van der Waals surface area contributed by atoms with E-state index in [0.717, 1.165) is 51.7 Å². The van der Waals surface area contributed by atoms with E-state index < -0.39 is 0 Å². The minimum absolute atomic E-state index is 0.0521. The van der Waals surface area contributed by atoms with Crippen LogP contribution >= 0.6 is 0 Å². The lowest BCUT2D eigenvalue weighted by molar-refractivity contribution is 0.0454. The van der Waals surface area contributed by atoms with Gasteiger partial charge in [-0.2, -0.15) is 5.10 Å². The number of hydrogen-bond donors (Lipinski definition) is 0. The van der Waals surface area contributed by atoms with Crippen molar-refractivity contribution in [3.8, 4) is 0 Å². The van der Waals surface area contributed by atoms with Crippen molar-refractivity contribution in [1.82, 2.24) is 19.6 Å². The van der Waals surface area contributed by atoms with Crippen LogP contribution < -0.4 is 0 Å². The Hall–Kier alpha value is -2.86. The lowest BCUT2D eigenvalue weighted by Gasteiger charge is -2.41. The second kappa shape index (κ2) is 9.33. The fourth-order valence-electron chi connectivity index (χ4n) is 5.12. The van der Waals surface area contributed by atoms with Gasteiger partial charge in [0.1, 0.15) is 0 Å². The lowest BCUT2D eigenvalue weighted by Crippen LogP contribution is -2.50. The number of furan rings is 1. The highest BCUT2D eigenvalue weighted by Gasteiger charge is 2.42. The Balaban J connectivity index is 1.33. The van der Waals surface area contributed by atoms with E-state index in [-0.39, 0.29) is 11.9 Å². The van der Waals surface area contributed by atoms with Crippen molar-refractivity contribution in [1.29, 1.82) is 0 Å². The Morgan fingerprint density at radius 3 is 2.50 bits per heavy atom. The summed E-state index contributed by atoms with van der Waals surface area (Å²) >= 11 is 0. The van der Waals surface area contributed by atoms with Crippen LogP contribution in [0.25, 0.3) is 0 Å². The summed E-state index contributed by atoms with van der Waals surface area (Å²) in [6.45, 7) is 3.05. The van der Waals surface area contributed by atoms with Gasteiger partial charge >= 0.3 is 0 Å². The number of carbonyl (C=O) groups excluding carboxylic acids is 1. The van der Waals surface area contributed by atoms with Crippen LogP contribution in [0.2, 0.25) is 0 Å². The summed E-state index contributed by atoms with van der Waals surface area (Å²) in [7, 11) is 1.96. The number of nitrogens with zero attached hydrogens (tertiary/aromatic N) is 4. The molecule has 1 atom stereocenters. The molecule has 0 radical (unpaired) electrons. The summed E-state index contributed by atoms with van der Waals surface area (Å²) in [6, 6.07) is 14.8. The molecule has 6 nitrogen and oxygen atoms in total. The third-order valence-corrected chi connectivity index (χ3v) is 6.89. The van der Waals surface area contributed by atoms with Gasteiger partial charge in [-0.3, -0.25) is 14.4 Å². The first-order valence-corrected chi connectivity index (χ1v) is 11.8. The van der Waals surface area contributed by atoms with Gasteiger partial charge in [-0.05, 0) is 68.8 Å². The van der Waals surface area contributed by atoms with Gasteiger partial charge in [0.2, 0.25) is 0 Å². The fourth-order valence-corrected chi connectivity index (χ4v) is 5.12. The van der Waals surface area contributed by atoms with Gasteiger partial charge in [-0.1, -0.05) is 30.3 Å². The van der Waals surface area contributed by atoms with E-state index in [1.54, 1.807) is 18.4 Å². The Labute approximate surface area is 189 Å². The molecule has 0 bridgehead atoms. The van der Waals surface area contributed by atoms with Crippen LogP contribution in [0.1, 0.15) is 47.4 Å². The van der Waals surface area contributed by atoms with Gasteiger partial charge in [0.25, 0.3) is 5.91 Å². The number of aryl methyl sites for hydroxylation is 1. The summed E-state index contributed by atoms with van der Waals surface area (Å²) in [4.78, 5) is 18.2. The SMILES string of the molecule is Cn1cc(CN2CCC([C@H](Cc3ccccc3)N(C(=O)c3ccco3)C3CC3)CC2)cn1. The molecule has 2 aliphatic rings. The van der Waals surface area contributed by atoms with Crippen molar-refractivity contribution in [2.75, 3.05) is 13.1 Å². The average molecular weight is 433 g/mol. The van der Waals surface area contributed by atoms with Crippen LogP contribution in [0.15, 0.2) is 65.5 Å². The van der Waals surface area contributed by atoms with Gasteiger partial charge in [0.05, 0.1) is 12.5 Å². The molecule has 1 aliphatic carbocycles. The first-order chi connectivity index (χ1) is 15.7. The van der Waals surface area contributed by atoms with E-state index in [1.807, 2.05) is 17.9 Å². The topological polar surface area (TPSA) is 54.5 Å². The molecule has 1 saturated carbocycles. The minimum Gasteiger partial charge on any atom is -0.459 e. The van der Waals surface area contributed by atoms with Crippen LogP contribution in [0.5, 0.6) is 0 Å². The summed E-state index contributed by atoms with van der Waals surface area (Å²) in [5.74, 6) is 1.00. The van der Waals surface area contributed by atoms with Crippen molar-refractivity contribution in [3.05, 3.63) is 78.0 Å². The summed E-state index contributed by atoms with van der Waals surface area (Å²) < 4.78 is 7.39. The molecule has 2 fully saturated rings. The smallest absolute Gasteiger partial charge is 0.290 e. The lowest BCUT2D eigenvalue weighted by atomic mass is 9.84. The van der Waals surface area contributed by atoms with E-state index in [0.29, 0.717) is 17.7 Å². The number of aromatic nitrogens is 2. The van der Waals surface area contributed by atoms with E-state index in [4.69, 9.17) is 4.42 Å². The van der Waals surface area contributed by atoms with Crippen molar-refractivity contribution in [3.63, 3.8) is 0 Å². The zero-order valence-electron chi connectivity index (χ0n) is 18.8. The number of carbonyl (C=O) groups is 1. The van der Waals surface area contributed by atoms with Crippen molar-refractivity contribution in [2.24, 2.45) is 13.0 Å². The maximum absolute atomic E-state index is 13.5. The Morgan fingerprint density at radius 2 is 1.88 bits per heavy atom. The van der Waals surface area contributed by atoms with E-state index in [2.05, 4.69) is 51.4 Å². The number of hydrogen-bond acceptors (Lipinski definition) is 4. The Morgan fingerprint density at radius 1 is 1.09 bits per heavy atom. The van der Waals surface area contributed by atoms with Crippen molar-refractivity contribution >= 4 is 5.91 Å². The van der Waals surface area contributed by atoms with Gasteiger partial charge in [0, 0.05) is 37.4 Å². The molecule has 0 spiro atoms. The van der Waals surface area contributed by atoms with Gasteiger partial charge in [-0.15, -0.1) is 0 Å². The Bertz CT molecular complexity index is 1000. The second-order valence-electron chi connectivity index (χ2n) is 9.31. The van der Waals surface area contributed by atoms with E-state index in [9.17, 15) is 4.79 Å².